The zero-order valence-electron chi connectivity index (χ0n) is 10.0. The highest BCUT2D eigenvalue weighted by Gasteiger charge is 2.32. The first-order valence-electron chi connectivity index (χ1n) is 5.42. The Morgan fingerprint density at radius 1 is 1.42 bits per heavy atom. The SMILES string of the molecule is COc1cccc(C=O)c1OCC1SC(=O)NC1=O. The first-order chi connectivity index (χ1) is 9.15. The monoisotopic (exact) mass is 281 g/mol. The molecule has 0 aliphatic carbocycles. The highest BCUT2D eigenvalue weighted by molar-refractivity contribution is 8.15. The summed E-state index contributed by atoms with van der Waals surface area (Å²) in [4.78, 5) is 33.3. The summed E-state index contributed by atoms with van der Waals surface area (Å²) in [6.07, 6.45) is 0.644. The van der Waals surface area contributed by atoms with E-state index in [2.05, 4.69) is 5.32 Å². The van der Waals surface area contributed by atoms with E-state index in [1.54, 1.807) is 18.2 Å². The van der Waals surface area contributed by atoms with Crippen LogP contribution >= 0.6 is 11.8 Å². The average Bonchev–Trinajstić information content (AvgIpc) is 2.74. The fraction of sp³-hybridized carbons (Fsp3) is 0.250. The van der Waals surface area contributed by atoms with Crippen molar-refractivity contribution in [2.75, 3.05) is 13.7 Å². The van der Waals surface area contributed by atoms with E-state index in [4.69, 9.17) is 9.47 Å². The van der Waals surface area contributed by atoms with Crippen LogP contribution in [-0.4, -0.2) is 36.4 Å². The molecule has 0 saturated carbocycles. The molecular weight excluding hydrogens is 270 g/mol. The van der Waals surface area contributed by atoms with Crippen LogP contribution < -0.4 is 14.8 Å². The molecule has 1 unspecified atom stereocenters. The number of imide groups is 1. The van der Waals surface area contributed by atoms with Gasteiger partial charge in [-0.1, -0.05) is 6.07 Å². The van der Waals surface area contributed by atoms with Crippen molar-refractivity contribution >= 4 is 29.2 Å². The Hall–Kier alpha value is -2.02. The molecule has 0 radical (unpaired) electrons. The Labute approximate surface area is 113 Å². The quantitative estimate of drug-likeness (QED) is 0.818. The van der Waals surface area contributed by atoms with Crippen LogP contribution in [0.4, 0.5) is 4.79 Å². The number of carbonyl (C=O) groups excluding carboxylic acids is 3. The van der Waals surface area contributed by atoms with Crippen LogP contribution in [0.2, 0.25) is 0 Å². The Morgan fingerprint density at radius 3 is 2.79 bits per heavy atom. The first-order valence-corrected chi connectivity index (χ1v) is 6.30. The van der Waals surface area contributed by atoms with Crippen molar-refractivity contribution in [2.24, 2.45) is 0 Å². The summed E-state index contributed by atoms with van der Waals surface area (Å²) < 4.78 is 10.6. The predicted octanol–water partition coefficient (Wildman–Crippen LogP) is 1.24. The third-order valence-corrected chi connectivity index (χ3v) is 3.45. The fourth-order valence-corrected chi connectivity index (χ4v) is 2.32. The van der Waals surface area contributed by atoms with E-state index in [1.165, 1.54) is 7.11 Å². The molecule has 0 bridgehead atoms. The summed E-state index contributed by atoms with van der Waals surface area (Å²) in [5, 5.41) is 1.16. The molecule has 2 amide bonds. The van der Waals surface area contributed by atoms with Crippen molar-refractivity contribution in [1.82, 2.24) is 5.32 Å². The molecule has 19 heavy (non-hydrogen) atoms. The maximum Gasteiger partial charge on any atom is 0.286 e. The molecular formula is C12H11NO5S. The third-order valence-electron chi connectivity index (χ3n) is 2.50. The first kappa shape index (κ1) is 13.4. The molecule has 1 aromatic carbocycles. The second kappa shape index (κ2) is 5.75. The molecule has 7 heteroatoms. The summed E-state index contributed by atoms with van der Waals surface area (Å²) in [7, 11) is 1.46. The minimum atomic E-state index is -0.614. The molecule has 1 aliphatic rings. The molecule has 0 aromatic heterocycles. The number of amides is 2. The number of thioether (sulfide) groups is 1. The van der Waals surface area contributed by atoms with Crippen molar-refractivity contribution in [2.45, 2.75) is 5.25 Å². The standard InChI is InChI=1S/C12H11NO5S/c1-17-8-4-2-3-7(5-14)10(8)18-6-9-11(15)13-12(16)19-9/h2-5,9H,6H2,1H3,(H,13,15,16). The lowest BCUT2D eigenvalue weighted by molar-refractivity contribution is -0.119. The number of hydrogen-bond acceptors (Lipinski definition) is 6. The maximum absolute atomic E-state index is 11.4. The lowest BCUT2D eigenvalue weighted by Crippen LogP contribution is -2.28. The lowest BCUT2D eigenvalue weighted by atomic mass is 10.2. The largest absolute Gasteiger partial charge is 0.493 e. The van der Waals surface area contributed by atoms with Gasteiger partial charge in [-0.25, -0.2) is 0 Å². The number of carbonyl (C=O) groups is 3. The van der Waals surface area contributed by atoms with Crippen LogP contribution in [0.15, 0.2) is 18.2 Å². The second-order valence-electron chi connectivity index (χ2n) is 3.69. The van der Waals surface area contributed by atoms with Crippen molar-refractivity contribution < 1.29 is 23.9 Å². The number of hydrogen-bond donors (Lipinski definition) is 1. The van der Waals surface area contributed by atoms with Crippen molar-refractivity contribution in [3.63, 3.8) is 0 Å². The van der Waals surface area contributed by atoms with Crippen LogP contribution in [0.1, 0.15) is 10.4 Å². The molecule has 0 spiro atoms. The Kier molecular flexibility index (Phi) is 4.06. The molecule has 1 fully saturated rings. The number of aldehydes is 1. The smallest absolute Gasteiger partial charge is 0.286 e. The molecule has 100 valence electrons. The molecule has 2 rings (SSSR count). The number of ether oxygens (including phenoxy) is 2. The zero-order valence-corrected chi connectivity index (χ0v) is 10.9. The zero-order chi connectivity index (χ0) is 13.8. The van der Waals surface area contributed by atoms with Gasteiger partial charge in [0.05, 0.1) is 12.7 Å². The Balaban J connectivity index is 2.13. The number of methoxy groups -OCH3 is 1. The van der Waals surface area contributed by atoms with E-state index >= 15 is 0 Å². The van der Waals surface area contributed by atoms with Crippen LogP contribution in [0.3, 0.4) is 0 Å². The molecule has 6 nitrogen and oxygen atoms in total. The molecule has 1 atom stereocenters. The normalized spacial score (nSPS) is 18.1. The van der Waals surface area contributed by atoms with Crippen LogP contribution in [0.5, 0.6) is 11.5 Å². The van der Waals surface area contributed by atoms with Gasteiger partial charge >= 0.3 is 0 Å². The van der Waals surface area contributed by atoms with Gasteiger partial charge in [-0.3, -0.25) is 19.7 Å². The van der Waals surface area contributed by atoms with Crippen LogP contribution in [0.25, 0.3) is 0 Å². The van der Waals surface area contributed by atoms with Gasteiger partial charge in [-0.2, -0.15) is 0 Å². The predicted molar refractivity (Wildman–Crippen MR) is 68.8 cm³/mol. The van der Waals surface area contributed by atoms with Gasteiger partial charge in [0.15, 0.2) is 17.8 Å². The fourth-order valence-electron chi connectivity index (χ4n) is 1.60. The van der Waals surface area contributed by atoms with Gasteiger partial charge in [0.1, 0.15) is 11.9 Å². The lowest BCUT2D eigenvalue weighted by Gasteiger charge is -2.13. The molecule has 1 aromatic rings. The molecule has 1 heterocycles. The topological polar surface area (TPSA) is 81.7 Å². The van der Waals surface area contributed by atoms with Crippen molar-refractivity contribution in [3.05, 3.63) is 23.8 Å². The number of para-hydroxylation sites is 1. The van der Waals surface area contributed by atoms with E-state index < -0.39 is 16.4 Å². The minimum Gasteiger partial charge on any atom is -0.493 e. The van der Waals surface area contributed by atoms with Crippen molar-refractivity contribution in [1.29, 1.82) is 0 Å². The Bertz CT molecular complexity index is 531. The Morgan fingerprint density at radius 2 is 2.21 bits per heavy atom. The number of nitrogens with one attached hydrogen (secondary N) is 1. The van der Waals surface area contributed by atoms with Gasteiger partial charge in [-0.15, -0.1) is 0 Å². The van der Waals surface area contributed by atoms with Crippen LogP contribution in [-0.2, 0) is 4.79 Å². The van der Waals surface area contributed by atoms with E-state index in [-0.39, 0.29) is 12.4 Å². The van der Waals surface area contributed by atoms with E-state index in [1.807, 2.05) is 0 Å². The third kappa shape index (κ3) is 2.87. The summed E-state index contributed by atoms with van der Waals surface area (Å²) in [5.74, 6) is 0.282. The average molecular weight is 281 g/mol. The van der Waals surface area contributed by atoms with Gasteiger partial charge in [0, 0.05) is 0 Å². The number of rotatable bonds is 5. The van der Waals surface area contributed by atoms with E-state index in [0.717, 1.165) is 11.8 Å². The second-order valence-corrected chi connectivity index (χ2v) is 4.87. The summed E-state index contributed by atoms with van der Waals surface area (Å²) in [6.45, 7) is -0.0105. The van der Waals surface area contributed by atoms with Gasteiger partial charge < -0.3 is 9.47 Å². The minimum absolute atomic E-state index is 0.0105. The van der Waals surface area contributed by atoms with E-state index in [0.29, 0.717) is 17.6 Å². The summed E-state index contributed by atoms with van der Waals surface area (Å²) in [5.41, 5.74) is 0.328. The van der Waals surface area contributed by atoms with Crippen molar-refractivity contribution in [3.8, 4) is 11.5 Å². The summed E-state index contributed by atoms with van der Waals surface area (Å²) in [6, 6.07) is 4.89. The van der Waals surface area contributed by atoms with E-state index in [9.17, 15) is 14.4 Å². The van der Waals surface area contributed by atoms with Gasteiger partial charge in [0.25, 0.3) is 5.24 Å². The highest BCUT2D eigenvalue weighted by Crippen LogP contribution is 2.31. The van der Waals surface area contributed by atoms with Gasteiger partial charge in [0.2, 0.25) is 5.91 Å². The maximum atomic E-state index is 11.4. The molecule has 1 N–H and O–H groups in total. The highest BCUT2D eigenvalue weighted by atomic mass is 32.2. The van der Waals surface area contributed by atoms with Crippen LogP contribution in [0, 0.1) is 0 Å². The van der Waals surface area contributed by atoms with Gasteiger partial charge in [-0.05, 0) is 23.9 Å². The molecule has 1 saturated heterocycles. The molecule has 1 aliphatic heterocycles. The number of benzene rings is 1. The summed E-state index contributed by atoms with van der Waals surface area (Å²) >= 11 is 0.866.